The molecule has 1 amide bonds. The van der Waals surface area contributed by atoms with Crippen LogP contribution in [0.3, 0.4) is 0 Å². The Morgan fingerprint density at radius 1 is 1.32 bits per heavy atom. The second-order valence-corrected chi connectivity index (χ2v) is 6.02. The van der Waals surface area contributed by atoms with E-state index in [0.29, 0.717) is 24.2 Å². The summed E-state index contributed by atoms with van der Waals surface area (Å²) in [4.78, 5) is 25.6. The Hall–Kier alpha value is -1.16. The van der Waals surface area contributed by atoms with Gasteiger partial charge in [0.15, 0.2) is 0 Å². The van der Waals surface area contributed by atoms with Gasteiger partial charge in [0.25, 0.3) is 5.91 Å². The van der Waals surface area contributed by atoms with Gasteiger partial charge in [-0.05, 0) is 47.8 Å². The number of ketones is 1. The lowest BCUT2D eigenvalue weighted by molar-refractivity contribution is -0.121. The molecule has 1 aromatic carbocycles. The van der Waals surface area contributed by atoms with Crippen LogP contribution in [-0.4, -0.2) is 29.7 Å². The summed E-state index contributed by atoms with van der Waals surface area (Å²) >= 11 is 3.43. The first kappa shape index (κ1) is 14.3. The van der Waals surface area contributed by atoms with E-state index in [1.54, 1.807) is 4.90 Å². The second-order valence-electron chi connectivity index (χ2n) is 5.17. The molecule has 1 fully saturated rings. The van der Waals surface area contributed by atoms with Crippen molar-refractivity contribution >= 4 is 27.6 Å². The van der Waals surface area contributed by atoms with Crippen LogP contribution in [0.1, 0.15) is 41.6 Å². The summed E-state index contributed by atoms with van der Waals surface area (Å²) in [5, 5.41) is 0. The molecule has 4 heteroatoms. The van der Waals surface area contributed by atoms with Gasteiger partial charge in [0.05, 0.1) is 5.56 Å². The topological polar surface area (TPSA) is 37.4 Å². The number of amides is 1. The lowest BCUT2D eigenvalue weighted by Crippen LogP contribution is -2.39. The summed E-state index contributed by atoms with van der Waals surface area (Å²) in [7, 11) is 1.83. The molecule has 0 heterocycles. The van der Waals surface area contributed by atoms with E-state index in [0.717, 1.165) is 22.9 Å². The molecule has 1 saturated carbocycles. The fraction of sp³-hybridized carbons (Fsp3) is 0.467. The molecule has 1 aromatic rings. The molecule has 0 aromatic heterocycles. The van der Waals surface area contributed by atoms with Crippen molar-refractivity contribution in [2.45, 2.75) is 38.6 Å². The first-order valence-corrected chi connectivity index (χ1v) is 7.33. The molecule has 1 aliphatic carbocycles. The summed E-state index contributed by atoms with van der Waals surface area (Å²) in [6, 6.07) is 5.95. The number of nitrogens with zero attached hydrogens (tertiary/aromatic N) is 1. The van der Waals surface area contributed by atoms with Gasteiger partial charge in [0.1, 0.15) is 5.78 Å². The zero-order valence-corrected chi connectivity index (χ0v) is 12.9. The summed E-state index contributed by atoms with van der Waals surface area (Å²) in [5.41, 5.74) is 1.76. The Balaban J connectivity index is 2.14. The van der Waals surface area contributed by atoms with E-state index < -0.39 is 0 Å². The first-order chi connectivity index (χ1) is 8.99. The SMILES string of the molecule is Cc1ccc(Br)c(C(=O)N(C)C2CCC(=O)CC2)c1. The van der Waals surface area contributed by atoms with Crippen molar-refractivity contribution < 1.29 is 9.59 Å². The molecule has 0 spiro atoms. The third kappa shape index (κ3) is 3.24. The predicted octanol–water partition coefficient (Wildman–Crippen LogP) is 3.34. The number of rotatable bonds is 2. The molecule has 0 saturated heterocycles. The number of benzene rings is 1. The summed E-state index contributed by atoms with van der Waals surface area (Å²) in [6.45, 7) is 1.97. The van der Waals surface area contributed by atoms with Crippen LogP contribution in [0.4, 0.5) is 0 Å². The zero-order valence-electron chi connectivity index (χ0n) is 11.3. The van der Waals surface area contributed by atoms with Crippen LogP contribution < -0.4 is 0 Å². The van der Waals surface area contributed by atoms with Gasteiger partial charge in [-0.15, -0.1) is 0 Å². The highest BCUT2D eigenvalue weighted by atomic mass is 79.9. The molecular formula is C15H18BrNO2. The number of Topliss-reactive ketones (excluding diaryl/α,β-unsaturated/α-hetero) is 1. The van der Waals surface area contributed by atoms with Gasteiger partial charge in [0, 0.05) is 30.4 Å². The van der Waals surface area contributed by atoms with Crippen molar-refractivity contribution in [1.82, 2.24) is 4.90 Å². The zero-order chi connectivity index (χ0) is 14.0. The third-order valence-electron chi connectivity index (χ3n) is 3.73. The maximum absolute atomic E-state index is 12.5. The Morgan fingerprint density at radius 3 is 2.58 bits per heavy atom. The third-order valence-corrected chi connectivity index (χ3v) is 4.42. The lowest BCUT2D eigenvalue weighted by atomic mass is 9.93. The maximum atomic E-state index is 12.5. The van der Waals surface area contributed by atoms with Gasteiger partial charge in [-0.2, -0.15) is 0 Å². The van der Waals surface area contributed by atoms with Crippen molar-refractivity contribution in [3.05, 3.63) is 33.8 Å². The van der Waals surface area contributed by atoms with Gasteiger partial charge in [-0.25, -0.2) is 0 Å². The van der Waals surface area contributed by atoms with Crippen molar-refractivity contribution in [3.63, 3.8) is 0 Å². The second kappa shape index (κ2) is 5.87. The summed E-state index contributed by atoms with van der Waals surface area (Å²) < 4.78 is 0.821. The summed E-state index contributed by atoms with van der Waals surface area (Å²) in [6.07, 6.45) is 2.75. The maximum Gasteiger partial charge on any atom is 0.254 e. The number of hydrogen-bond acceptors (Lipinski definition) is 2. The Morgan fingerprint density at radius 2 is 1.95 bits per heavy atom. The van der Waals surface area contributed by atoms with E-state index in [1.165, 1.54) is 0 Å². The highest BCUT2D eigenvalue weighted by Gasteiger charge is 2.26. The molecule has 0 aliphatic heterocycles. The van der Waals surface area contributed by atoms with Gasteiger partial charge >= 0.3 is 0 Å². The molecule has 2 rings (SSSR count). The monoisotopic (exact) mass is 323 g/mol. The molecular weight excluding hydrogens is 306 g/mol. The molecule has 19 heavy (non-hydrogen) atoms. The minimum absolute atomic E-state index is 0.0231. The quantitative estimate of drug-likeness (QED) is 0.837. The number of hydrogen-bond donors (Lipinski definition) is 0. The van der Waals surface area contributed by atoms with Crippen LogP contribution in [0, 0.1) is 6.92 Å². The fourth-order valence-electron chi connectivity index (χ4n) is 2.47. The Kier molecular flexibility index (Phi) is 4.40. The van der Waals surface area contributed by atoms with Crippen molar-refractivity contribution in [2.24, 2.45) is 0 Å². The molecule has 0 atom stereocenters. The normalized spacial score (nSPS) is 16.5. The number of carbonyl (C=O) groups is 2. The van der Waals surface area contributed by atoms with E-state index >= 15 is 0 Å². The highest BCUT2D eigenvalue weighted by molar-refractivity contribution is 9.10. The molecule has 0 unspecified atom stereocenters. The molecule has 0 N–H and O–H groups in total. The number of aryl methyl sites for hydroxylation is 1. The molecule has 0 bridgehead atoms. The largest absolute Gasteiger partial charge is 0.339 e. The molecule has 102 valence electrons. The number of carbonyl (C=O) groups excluding carboxylic acids is 2. The van der Waals surface area contributed by atoms with Crippen molar-refractivity contribution in [1.29, 1.82) is 0 Å². The average Bonchev–Trinajstić information content (AvgIpc) is 2.41. The van der Waals surface area contributed by atoms with Crippen molar-refractivity contribution in [3.8, 4) is 0 Å². The van der Waals surface area contributed by atoms with Gasteiger partial charge in [0.2, 0.25) is 0 Å². The molecule has 3 nitrogen and oxygen atoms in total. The average molecular weight is 324 g/mol. The van der Waals surface area contributed by atoms with E-state index in [1.807, 2.05) is 32.2 Å². The van der Waals surface area contributed by atoms with Crippen LogP contribution in [0.25, 0.3) is 0 Å². The highest BCUT2D eigenvalue weighted by Crippen LogP contribution is 2.24. The Bertz CT molecular complexity index is 503. The molecule has 0 radical (unpaired) electrons. The van der Waals surface area contributed by atoms with Gasteiger partial charge in [-0.1, -0.05) is 11.6 Å². The van der Waals surface area contributed by atoms with Gasteiger partial charge < -0.3 is 4.90 Å². The van der Waals surface area contributed by atoms with Crippen molar-refractivity contribution in [2.75, 3.05) is 7.05 Å². The number of halogens is 1. The fourth-order valence-corrected chi connectivity index (χ4v) is 2.89. The summed E-state index contributed by atoms with van der Waals surface area (Å²) in [5.74, 6) is 0.337. The first-order valence-electron chi connectivity index (χ1n) is 6.54. The Labute approximate surface area is 122 Å². The van der Waals surface area contributed by atoms with E-state index in [-0.39, 0.29) is 11.9 Å². The minimum atomic E-state index is 0.0231. The van der Waals surface area contributed by atoms with Crippen LogP contribution in [-0.2, 0) is 4.79 Å². The van der Waals surface area contributed by atoms with Crippen LogP contribution >= 0.6 is 15.9 Å². The van der Waals surface area contributed by atoms with E-state index in [4.69, 9.17) is 0 Å². The predicted molar refractivity (Wildman–Crippen MR) is 78.2 cm³/mol. The van der Waals surface area contributed by atoms with Crippen LogP contribution in [0.15, 0.2) is 22.7 Å². The van der Waals surface area contributed by atoms with E-state index in [2.05, 4.69) is 15.9 Å². The minimum Gasteiger partial charge on any atom is -0.339 e. The van der Waals surface area contributed by atoms with Gasteiger partial charge in [-0.3, -0.25) is 9.59 Å². The standard InChI is InChI=1S/C15H18BrNO2/c1-10-3-8-14(16)13(9-10)15(19)17(2)11-4-6-12(18)7-5-11/h3,8-9,11H,4-7H2,1-2H3. The smallest absolute Gasteiger partial charge is 0.254 e. The molecule has 1 aliphatic rings. The lowest BCUT2D eigenvalue weighted by Gasteiger charge is -2.31. The van der Waals surface area contributed by atoms with Crippen LogP contribution in [0.5, 0.6) is 0 Å². The van der Waals surface area contributed by atoms with Crippen LogP contribution in [0.2, 0.25) is 0 Å². The van der Waals surface area contributed by atoms with E-state index in [9.17, 15) is 9.59 Å².